The molecular weight excluding hydrogens is 330 g/mol. The van der Waals surface area contributed by atoms with E-state index in [1.54, 1.807) is 48.5 Å². The molecule has 2 saturated heterocycles. The van der Waals surface area contributed by atoms with Crippen molar-refractivity contribution < 1.29 is 14.3 Å². The molecule has 26 heavy (non-hydrogen) atoms. The van der Waals surface area contributed by atoms with Gasteiger partial charge in [-0.1, -0.05) is 6.07 Å². The zero-order valence-corrected chi connectivity index (χ0v) is 14.2. The number of benzene rings is 2. The maximum absolute atomic E-state index is 12.4. The van der Waals surface area contributed by atoms with E-state index < -0.39 is 0 Å². The zero-order valence-electron chi connectivity index (χ0n) is 14.2. The molecule has 0 aromatic heterocycles. The molecule has 0 spiro atoms. The van der Waals surface area contributed by atoms with Gasteiger partial charge in [0.05, 0.1) is 23.8 Å². The van der Waals surface area contributed by atoms with Crippen molar-refractivity contribution in [1.29, 1.82) is 5.26 Å². The molecule has 0 aliphatic carbocycles. The van der Waals surface area contributed by atoms with E-state index in [1.165, 1.54) is 0 Å². The van der Waals surface area contributed by atoms with Crippen LogP contribution in [0.25, 0.3) is 0 Å². The fourth-order valence-corrected chi connectivity index (χ4v) is 3.35. The summed E-state index contributed by atoms with van der Waals surface area (Å²) in [5.41, 5.74) is 1.26. The number of amides is 2. The minimum atomic E-state index is -0.0967. The van der Waals surface area contributed by atoms with E-state index in [4.69, 9.17) is 14.7 Å². The summed E-state index contributed by atoms with van der Waals surface area (Å²) in [7, 11) is 0. The van der Waals surface area contributed by atoms with Crippen LogP contribution in [0, 0.1) is 11.3 Å². The number of nitrogens with one attached hydrogen (secondary N) is 1. The first-order valence-corrected chi connectivity index (χ1v) is 8.69. The van der Waals surface area contributed by atoms with Gasteiger partial charge in [-0.2, -0.15) is 5.26 Å². The normalized spacial score (nSPS) is 21.1. The highest BCUT2D eigenvalue weighted by atomic mass is 16.5. The summed E-state index contributed by atoms with van der Waals surface area (Å²) in [6.45, 7) is 1.30. The summed E-state index contributed by atoms with van der Waals surface area (Å²) >= 11 is 0. The molecule has 2 aliphatic rings. The van der Waals surface area contributed by atoms with Gasteiger partial charge in [-0.3, -0.25) is 0 Å². The molecule has 1 N–H and O–H groups in total. The van der Waals surface area contributed by atoms with Gasteiger partial charge in [0, 0.05) is 18.8 Å². The lowest BCUT2D eigenvalue weighted by Crippen LogP contribution is -2.47. The van der Waals surface area contributed by atoms with E-state index in [0.717, 1.165) is 12.8 Å². The van der Waals surface area contributed by atoms with Crippen molar-refractivity contribution in [2.24, 2.45) is 0 Å². The van der Waals surface area contributed by atoms with Crippen LogP contribution in [0.1, 0.15) is 18.4 Å². The first-order valence-electron chi connectivity index (χ1n) is 8.69. The van der Waals surface area contributed by atoms with Gasteiger partial charge in [-0.25, -0.2) is 4.79 Å². The number of hydrogen-bond acceptors (Lipinski definition) is 4. The Morgan fingerprint density at radius 1 is 1.12 bits per heavy atom. The van der Waals surface area contributed by atoms with Crippen LogP contribution < -0.4 is 10.1 Å². The van der Waals surface area contributed by atoms with Gasteiger partial charge >= 0.3 is 6.03 Å². The Bertz CT molecular complexity index is 832. The van der Waals surface area contributed by atoms with Gasteiger partial charge in [0.25, 0.3) is 0 Å². The van der Waals surface area contributed by atoms with Gasteiger partial charge in [0.1, 0.15) is 11.5 Å². The third-order valence-corrected chi connectivity index (χ3v) is 4.64. The molecule has 4 rings (SSSR count). The largest absolute Gasteiger partial charge is 0.457 e. The van der Waals surface area contributed by atoms with E-state index in [1.807, 2.05) is 4.90 Å². The maximum atomic E-state index is 12.4. The van der Waals surface area contributed by atoms with Crippen LogP contribution in [0.4, 0.5) is 10.5 Å². The lowest BCUT2D eigenvalue weighted by molar-refractivity contribution is -0.0219. The summed E-state index contributed by atoms with van der Waals surface area (Å²) in [6, 6.07) is 16.1. The summed E-state index contributed by atoms with van der Waals surface area (Å²) < 4.78 is 11.5. The number of fused-ring (bicyclic) bond motifs is 2. The highest BCUT2D eigenvalue weighted by molar-refractivity contribution is 5.89. The van der Waals surface area contributed by atoms with Crippen LogP contribution in [-0.4, -0.2) is 36.2 Å². The molecule has 2 aromatic rings. The number of nitriles is 1. The fraction of sp³-hybridized carbons (Fsp3) is 0.300. The van der Waals surface area contributed by atoms with Crippen molar-refractivity contribution in [1.82, 2.24) is 4.90 Å². The molecule has 2 aliphatic heterocycles. The van der Waals surface area contributed by atoms with Crippen molar-refractivity contribution in [3.8, 4) is 17.6 Å². The molecule has 2 fully saturated rings. The van der Waals surface area contributed by atoms with Crippen LogP contribution in [0.15, 0.2) is 48.5 Å². The molecule has 2 amide bonds. The molecule has 2 aromatic carbocycles. The first-order chi connectivity index (χ1) is 12.7. The van der Waals surface area contributed by atoms with E-state index >= 15 is 0 Å². The van der Waals surface area contributed by atoms with Gasteiger partial charge < -0.3 is 19.7 Å². The van der Waals surface area contributed by atoms with E-state index in [2.05, 4.69) is 11.4 Å². The number of nitrogens with zero attached hydrogens (tertiary/aromatic N) is 2. The van der Waals surface area contributed by atoms with Gasteiger partial charge in [0.15, 0.2) is 0 Å². The number of likely N-dealkylation sites (tertiary alicyclic amines) is 1. The molecule has 2 unspecified atom stereocenters. The van der Waals surface area contributed by atoms with Crippen LogP contribution in [-0.2, 0) is 4.74 Å². The van der Waals surface area contributed by atoms with Gasteiger partial charge in [0.2, 0.25) is 0 Å². The molecule has 0 saturated carbocycles. The van der Waals surface area contributed by atoms with E-state index in [-0.39, 0.29) is 18.2 Å². The molecule has 6 nitrogen and oxygen atoms in total. The van der Waals surface area contributed by atoms with E-state index in [0.29, 0.717) is 35.8 Å². The molecule has 0 radical (unpaired) electrons. The number of anilines is 1. The molecule has 2 heterocycles. The number of carbonyl (C=O) groups excluding carboxylic acids is 1. The number of ether oxygens (including phenoxy) is 2. The predicted molar refractivity (Wildman–Crippen MR) is 96.2 cm³/mol. The van der Waals surface area contributed by atoms with Crippen LogP contribution in [0.2, 0.25) is 0 Å². The highest BCUT2D eigenvalue weighted by Gasteiger charge is 2.35. The fourth-order valence-electron chi connectivity index (χ4n) is 3.35. The van der Waals surface area contributed by atoms with Crippen LogP contribution in [0.3, 0.4) is 0 Å². The number of urea groups is 1. The smallest absolute Gasteiger partial charge is 0.322 e. The third kappa shape index (κ3) is 3.63. The van der Waals surface area contributed by atoms with Crippen molar-refractivity contribution >= 4 is 11.7 Å². The quantitative estimate of drug-likeness (QED) is 0.916. The SMILES string of the molecule is N#Cc1cccc(Oc2ccc(NC(=O)N3CC4CCC(C3)O4)cc2)c1. The second-order valence-corrected chi connectivity index (χ2v) is 6.56. The highest BCUT2D eigenvalue weighted by Crippen LogP contribution is 2.27. The average molecular weight is 349 g/mol. The number of carbonyl (C=O) groups is 1. The monoisotopic (exact) mass is 349 g/mol. The van der Waals surface area contributed by atoms with Crippen LogP contribution in [0.5, 0.6) is 11.5 Å². The molecular formula is C20H19N3O3. The number of hydrogen-bond donors (Lipinski definition) is 1. The Morgan fingerprint density at radius 3 is 2.54 bits per heavy atom. The summed E-state index contributed by atoms with van der Waals surface area (Å²) in [5.74, 6) is 1.24. The molecule has 2 bridgehead atoms. The first kappa shape index (κ1) is 16.4. The zero-order chi connectivity index (χ0) is 17.9. The van der Waals surface area contributed by atoms with Crippen molar-refractivity contribution in [3.05, 3.63) is 54.1 Å². The van der Waals surface area contributed by atoms with Crippen molar-refractivity contribution in [3.63, 3.8) is 0 Å². The lowest BCUT2D eigenvalue weighted by Gasteiger charge is -2.32. The number of morpholine rings is 1. The second kappa shape index (κ2) is 7.06. The second-order valence-electron chi connectivity index (χ2n) is 6.56. The maximum Gasteiger partial charge on any atom is 0.322 e. The topological polar surface area (TPSA) is 74.6 Å². The minimum absolute atomic E-state index is 0.0967. The van der Waals surface area contributed by atoms with Gasteiger partial charge in [-0.05, 0) is 55.3 Å². The molecule has 2 atom stereocenters. The van der Waals surface area contributed by atoms with Crippen LogP contribution >= 0.6 is 0 Å². The third-order valence-electron chi connectivity index (χ3n) is 4.64. The minimum Gasteiger partial charge on any atom is -0.457 e. The average Bonchev–Trinajstić information content (AvgIpc) is 3.01. The standard InChI is InChI=1S/C20H19N3O3/c21-11-14-2-1-3-17(10-14)25-16-6-4-15(5-7-16)22-20(24)23-12-18-8-9-19(13-23)26-18/h1-7,10,18-19H,8-9,12-13H2,(H,22,24). The Kier molecular flexibility index (Phi) is 4.46. The Morgan fingerprint density at radius 2 is 1.85 bits per heavy atom. The Hall–Kier alpha value is -3.04. The number of rotatable bonds is 3. The van der Waals surface area contributed by atoms with E-state index in [9.17, 15) is 4.79 Å². The van der Waals surface area contributed by atoms with Crippen molar-refractivity contribution in [2.75, 3.05) is 18.4 Å². The predicted octanol–water partition coefficient (Wildman–Crippen LogP) is 3.75. The Balaban J connectivity index is 1.37. The molecule has 6 heteroatoms. The summed E-state index contributed by atoms with van der Waals surface area (Å²) in [4.78, 5) is 14.3. The summed E-state index contributed by atoms with van der Waals surface area (Å²) in [5, 5.41) is 11.9. The molecule has 132 valence electrons. The van der Waals surface area contributed by atoms with Crippen molar-refractivity contribution in [2.45, 2.75) is 25.0 Å². The van der Waals surface area contributed by atoms with Gasteiger partial charge in [-0.15, -0.1) is 0 Å². The summed E-state index contributed by atoms with van der Waals surface area (Å²) in [6.07, 6.45) is 2.43. The lowest BCUT2D eigenvalue weighted by atomic mass is 10.2. The Labute approximate surface area is 151 Å².